The van der Waals surface area contributed by atoms with Crippen LogP contribution in [0.3, 0.4) is 0 Å². The fraction of sp³-hybridized carbons (Fsp3) is 0.619. The number of carboxylic acids is 1. The highest BCUT2D eigenvalue weighted by molar-refractivity contribution is 5.72. The number of esters is 1. The molecule has 1 atom stereocenters. The molecule has 1 N–H and O–H groups in total. The van der Waals surface area contributed by atoms with Gasteiger partial charge in [-0.05, 0) is 12.8 Å². The maximum Gasteiger partial charge on any atom is 0.310 e. The van der Waals surface area contributed by atoms with Crippen molar-refractivity contribution in [2.45, 2.75) is 58.0 Å². The lowest BCUT2D eigenvalue weighted by Gasteiger charge is -2.28. The molecule has 0 fully saturated rings. The lowest BCUT2D eigenvalue weighted by Crippen LogP contribution is -2.43. The van der Waals surface area contributed by atoms with Gasteiger partial charge >= 0.3 is 11.9 Å². The van der Waals surface area contributed by atoms with Crippen LogP contribution in [0, 0.1) is 0 Å². The van der Waals surface area contributed by atoms with Crippen LogP contribution < -0.4 is 0 Å². The fourth-order valence-corrected chi connectivity index (χ4v) is 2.42. The monoisotopic (exact) mass is 366 g/mol. The van der Waals surface area contributed by atoms with Gasteiger partial charge < -0.3 is 14.3 Å². The molecule has 0 saturated heterocycles. The number of ether oxygens (including phenoxy) is 1. The van der Waals surface area contributed by atoms with Gasteiger partial charge in [-0.2, -0.15) is 0 Å². The zero-order valence-corrected chi connectivity index (χ0v) is 16.8. The van der Waals surface area contributed by atoms with E-state index in [1.165, 1.54) is 25.7 Å². The summed E-state index contributed by atoms with van der Waals surface area (Å²) in [6.45, 7) is 2.67. The Morgan fingerprint density at radius 3 is 2.23 bits per heavy atom. The lowest BCUT2D eigenvalue weighted by atomic mass is 10.1. The van der Waals surface area contributed by atoms with Crippen molar-refractivity contribution in [3.8, 4) is 0 Å². The summed E-state index contributed by atoms with van der Waals surface area (Å²) in [7, 11) is 5.81. The van der Waals surface area contributed by atoms with E-state index in [0.29, 0.717) is 11.0 Å². The summed E-state index contributed by atoms with van der Waals surface area (Å²) in [4.78, 5) is 22.8. The minimum Gasteiger partial charge on any atom is -0.481 e. The number of quaternary nitrogens is 1. The van der Waals surface area contributed by atoms with Crippen molar-refractivity contribution in [1.82, 2.24) is 0 Å². The van der Waals surface area contributed by atoms with Crippen LogP contribution in [-0.4, -0.2) is 55.3 Å². The van der Waals surface area contributed by atoms with Crippen molar-refractivity contribution in [3.05, 3.63) is 36.5 Å². The average molecular weight is 367 g/mol. The molecule has 0 rings (SSSR count). The van der Waals surface area contributed by atoms with Crippen molar-refractivity contribution in [3.63, 3.8) is 0 Å². The zero-order chi connectivity index (χ0) is 19.8. The van der Waals surface area contributed by atoms with Crippen molar-refractivity contribution in [2.75, 3.05) is 27.7 Å². The van der Waals surface area contributed by atoms with Crippen LogP contribution in [0.5, 0.6) is 0 Å². The Morgan fingerprint density at radius 2 is 1.65 bits per heavy atom. The van der Waals surface area contributed by atoms with Gasteiger partial charge in [0.25, 0.3) is 0 Å². The Kier molecular flexibility index (Phi) is 13.3. The van der Waals surface area contributed by atoms with Crippen LogP contribution >= 0.6 is 0 Å². The molecule has 5 heteroatoms. The number of carbonyl (C=O) groups is 2. The molecule has 0 amide bonds. The molecule has 0 aromatic heterocycles. The number of nitrogens with zero attached hydrogens (tertiary/aromatic N) is 1. The third-order valence-corrected chi connectivity index (χ3v) is 3.57. The summed E-state index contributed by atoms with van der Waals surface area (Å²) < 4.78 is 5.84. The standard InChI is InChI=1S/C21H35NO4/c1-5-6-7-8-9-10-11-12-13-14-15-16-21(25)26-19(17-20(23)24)18-22(2,3)4/h10-15,19H,5-9,16-18H2,1-4H3/p+1/b11-10+,13-12+,15-14+. The molecule has 0 aliphatic heterocycles. The number of carboxylic acid groups (broad SMARTS) is 1. The average Bonchev–Trinajstić information content (AvgIpc) is 2.50. The second-order valence-corrected chi connectivity index (χ2v) is 7.48. The van der Waals surface area contributed by atoms with Crippen LogP contribution in [0.2, 0.25) is 0 Å². The van der Waals surface area contributed by atoms with Gasteiger partial charge in [-0.1, -0.05) is 62.6 Å². The lowest BCUT2D eigenvalue weighted by molar-refractivity contribution is -0.873. The van der Waals surface area contributed by atoms with Gasteiger partial charge in [-0.15, -0.1) is 0 Å². The first kappa shape index (κ1) is 24.1. The first-order chi connectivity index (χ1) is 12.2. The topological polar surface area (TPSA) is 63.6 Å². The highest BCUT2D eigenvalue weighted by Gasteiger charge is 2.24. The fourth-order valence-electron chi connectivity index (χ4n) is 2.42. The Bertz CT molecular complexity index is 487. The molecule has 0 heterocycles. The SMILES string of the molecule is CCCCCC/C=C/C=C/C=C/CC(=O)OC(CC(=O)O)C[N+](C)(C)C. The smallest absolute Gasteiger partial charge is 0.310 e. The Labute approximate surface area is 158 Å². The van der Waals surface area contributed by atoms with E-state index >= 15 is 0 Å². The largest absolute Gasteiger partial charge is 0.481 e. The van der Waals surface area contributed by atoms with E-state index in [-0.39, 0.29) is 12.8 Å². The van der Waals surface area contributed by atoms with Gasteiger partial charge in [0.2, 0.25) is 0 Å². The number of allylic oxidation sites excluding steroid dienone is 5. The Morgan fingerprint density at radius 1 is 1.00 bits per heavy atom. The van der Waals surface area contributed by atoms with Gasteiger partial charge in [0.1, 0.15) is 6.54 Å². The molecule has 0 saturated carbocycles. The zero-order valence-electron chi connectivity index (χ0n) is 16.8. The summed E-state index contributed by atoms with van der Waals surface area (Å²) in [5.74, 6) is -1.36. The van der Waals surface area contributed by atoms with Crippen LogP contribution in [0.4, 0.5) is 0 Å². The summed E-state index contributed by atoms with van der Waals surface area (Å²) >= 11 is 0. The van der Waals surface area contributed by atoms with Crippen molar-refractivity contribution in [1.29, 1.82) is 0 Å². The number of hydrogen-bond donors (Lipinski definition) is 1. The first-order valence-electron chi connectivity index (χ1n) is 9.44. The van der Waals surface area contributed by atoms with E-state index < -0.39 is 18.0 Å². The van der Waals surface area contributed by atoms with Gasteiger partial charge in [0.05, 0.1) is 34.0 Å². The van der Waals surface area contributed by atoms with Gasteiger partial charge in [0.15, 0.2) is 6.10 Å². The highest BCUT2D eigenvalue weighted by atomic mass is 16.5. The van der Waals surface area contributed by atoms with Gasteiger partial charge in [-0.25, -0.2) is 0 Å². The third-order valence-electron chi connectivity index (χ3n) is 3.57. The summed E-state index contributed by atoms with van der Waals surface area (Å²) in [5.41, 5.74) is 0. The normalized spacial score (nSPS) is 13.7. The predicted molar refractivity (Wildman–Crippen MR) is 106 cm³/mol. The number of rotatable bonds is 14. The van der Waals surface area contributed by atoms with Crippen molar-refractivity contribution >= 4 is 11.9 Å². The van der Waals surface area contributed by atoms with E-state index in [1.807, 2.05) is 39.4 Å². The minimum atomic E-state index is -0.962. The van der Waals surface area contributed by atoms with Crippen molar-refractivity contribution in [2.24, 2.45) is 0 Å². The van der Waals surface area contributed by atoms with E-state index in [2.05, 4.69) is 13.0 Å². The number of aliphatic carboxylic acids is 1. The molecule has 5 nitrogen and oxygen atoms in total. The van der Waals surface area contributed by atoms with Crippen LogP contribution in [0.15, 0.2) is 36.5 Å². The predicted octanol–water partition coefficient (Wildman–Crippen LogP) is 4.11. The van der Waals surface area contributed by atoms with Gasteiger partial charge in [-0.3, -0.25) is 9.59 Å². The van der Waals surface area contributed by atoms with Crippen molar-refractivity contribution < 1.29 is 23.9 Å². The molecule has 0 spiro atoms. The van der Waals surface area contributed by atoms with E-state index in [9.17, 15) is 9.59 Å². The van der Waals surface area contributed by atoms with Crippen LogP contribution in [0.25, 0.3) is 0 Å². The quantitative estimate of drug-likeness (QED) is 0.217. The molecule has 0 aliphatic carbocycles. The summed E-state index contributed by atoms with van der Waals surface area (Å²) in [5, 5.41) is 8.94. The first-order valence-corrected chi connectivity index (χ1v) is 9.44. The number of likely N-dealkylation sites (N-methyl/N-ethyl adjacent to an activating group) is 1. The summed E-state index contributed by atoms with van der Waals surface area (Å²) in [6.07, 6.45) is 17.0. The summed E-state index contributed by atoms with van der Waals surface area (Å²) in [6, 6.07) is 0. The third kappa shape index (κ3) is 17.0. The number of carbonyl (C=O) groups excluding carboxylic acids is 1. The number of unbranched alkanes of at least 4 members (excludes halogenated alkanes) is 4. The molecule has 26 heavy (non-hydrogen) atoms. The Balaban J connectivity index is 4.13. The molecule has 0 bridgehead atoms. The van der Waals surface area contributed by atoms with E-state index in [1.54, 1.807) is 12.2 Å². The molecular weight excluding hydrogens is 330 g/mol. The molecular formula is C21H36NO4+. The molecule has 0 aliphatic rings. The maximum absolute atomic E-state index is 11.9. The van der Waals surface area contributed by atoms with Gasteiger partial charge in [0, 0.05) is 0 Å². The van der Waals surface area contributed by atoms with E-state index in [4.69, 9.17) is 9.84 Å². The molecule has 0 aromatic carbocycles. The maximum atomic E-state index is 11.9. The molecule has 148 valence electrons. The van der Waals surface area contributed by atoms with E-state index in [0.717, 1.165) is 6.42 Å². The molecule has 0 aromatic rings. The number of hydrogen-bond acceptors (Lipinski definition) is 3. The Hall–Kier alpha value is -1.88. The van der Waals surface area contributed by atoms with Crippen LogP contribution in [-0.2, 0) is 14.3 Å². The molecule has 0 radical (unpaired) electrons. The van der Waals surface area contributed by atoms with Crippen LogP contribution in [0.1, 0.15) is 51.9 Å². The molecule has 1 unspecified atom stereocenters. The highest BCUT2D eigenvalue weighted by Crippen LogP contribution is 2.07. The second kappa shape index (κ2) is 14.3. The second-order valence-electron chi connectivity index (χ2n) is 7.48. The minimum absolute atomic E-state index is 0.137.